The summed E-state index contributed by atoms with van der Waals surface area (Å²) in [6.07, 6.45) is 3.57. The molecule has 0 fully saturated rings. The van der Waals surface area contributed by atoms with Gasteiger partial charge in [0, 0.05) is 81.2 Å². The number of aromatic nitrogens is 1. The van der Waals surface area contributed by atoms with Crippen LogP contribution < -0.4 is 4.90 Å². The van der Waals surface area contributed by atoms with Gasteiger partial charge in [-0.3, -0.25) is 14.5 Å². The summed E-state index contributed by atoms with van der Waals surface area (Å²) < 4.78 is 7.24. The lowest BCUT2D eigenvalue weighted by Crippen LogP contribution is -2.40. The number of carbonyl (C=O) groups excluding carboxylic acids is 2. The Kier molecular flexibility index (Phi) is 9.39. The highest BCUT2D eigenvalue weighted by molar-refractivity contribution is 6.30. The van der Waals surface area contributed by atoms with E-state index in [-0.39, 0.29) is 18.4 Å². The largest absolute Gasteiger partial charge is 0.375 e. The van der Waals surface area contributed by atoms with E-state index in [1.54, 1.807) is 7.11 Å². The number of para-hydroxylation sites is 2. The molecule has 0 N–H and O–H groups in total. The molecule has 0 aliphatic carbocycles. The number of hydrogen-bond acceptors (Lipinski definition) is 4. The number of amides is 2. The van der Waals surface area contributed by atoms with Crippen molar-refractivity contribution < 1.29 is 14.3 Å². The molecule has 0 radical (unpaired) electrons. The van der Waals surface area contributed by atoms with E-state index in [9.17, 15) is 9.59 Å². The maximum atomic E-state index is 14.2. The summed E-state index contributed by atoms with van der Waals surface area (Å²) in [4.78, 5) is 33.6. The van der Waals surface area contributed by atoms with Crippen LogP contribution >= 0.6 is 11.6 Å². The minimum atomic E-state index is -0.0896. The molecule has 4 aromatic rings. The normalized spacial score (nSPS) is 15.3. The van der Waals surface area contributed by atoms with Crippen LogP contribution in [0.15, 0.2) is 79.0 Å². The van der Waals surface area contributed by atoms with Crippen molar-refractivity contribution in [1.29, 1.82) is 0 Å². The summed E-state index contributed by atoms with van der Waals surface area (Å²) in [6.45, 7) is 3.99. The number of anilines is 1. The van der Waals surface area contributed by atoms with Gasteiger partial charge in [0.25, 0.3) is 11.8 Å². The maximum Gasteiger partial charge on any atom is 0.256 e. The summed E-state index contributed by atoms with van der Waals surface area (Å²) in [5.41, 5.74) is 4.68. The summed E-state index contributed by atoms with van der Waals surface area (Å²) in [7, 11) is 3.51. The molecule has 5 rings (SSSR count). The first-order valence-corrected chi connectivity index (χ1v) is 14.5. The number of rotatable bonds is 5. The van der Waals surface area contributed by atoms with Crippen LogP contribution in [0.25, 0.3) is 10.9 Å². The van der Waals surface area contributed by atoms with E-state index in [1.165, 1.54) is 5.56 Å². The summed E-state index contributed by atoms with van der Waals surface area (Å²) >= 11 is 6.12. The Morgan fingerprint density at radius 2 is 1.59 bits per heavy atom. The third kappa shape index (κ3) is 6.81. The molecule has 3 aromatic carbocycles. The Bertz CT molecular complexity index is 1500. The Labute approximate surface area is 246 Å². The fourth-order valence-electron chi connectivity index (χ4n) is 5.68. The van der Waals surface area contributed by atoms with Crippen molar-refractivity contribution in [2.24, 2.45) is 7.05 Å². The van der Waals surface area contributed by atoms with Gasteiger partial charge in [-0.2, -0.15) is 0 Å². The first kappa shape index (κ1) is 28.9. The van der Waals surface area contributed by atoms with Gasteiger partial charge in [0.15, 0.2) is 0 Å². The summed E-state index contributed by atoms with van der Waals surface area (Å²) in [5, 5.41) is 1.66. The second kappa shape index (κ2) is 13.3. The second-order valence-electron chi connectivity index (χ2n) is 10.6. The number of hydrogen-bond donors (Lipinski definition) is 0. The molecule has 2 heterocycles. The van der Waals surface area contributed by atoms with Crippen LogP contribution in [0.2, 0.25) is 5.02 Å². The van der Waals surface area contributed by atoms with Crippen LogP contribution in [0, 0.1) is 0 Å². The zero-order valence-corrected chi connectivity index (χ0v) is 24.5. The molecular weight excluding hydrogens is 536 g/mol. The highest BCUT2D eigenvalue weighted by Crippen LogP contribution is 2.27. The minimum absolute atomic E-state index is 0.00146. The van der Waals surface area contributed by atoms with E-state index in [0.29, 0.717) is 25.2 Å². The number of nitrogens with zero attached hydrogens (tertiary/aromatic N) is 4. The van der Waals surface area contributed by atoms with Gasteiger partial charge in [-0.25, -0.2) is 0 Å². The standard InChI is InChI=1S/C33H37ClN4O3/c1-35-23-29(28-10-4-6-12-31(28)35)33(40)37-19-7-17-36(21-25-13-15-27(34)16-14-25)18-8-20-38(32(39)24-41-2)30-11-5-3-9-26(30)22-37/h3-6,9-16,23H,7-8,17-22,24H2,1-2H3. The number of fused-ring (bicyclic) bond motifs is 2. The average Bonchev–Trinajstić information content (AvgIpc) is 3.31. The second-order valence-corrected chi connectivity index (χ2v) is 11.1. The number of aryl methyl sites for hydroxylation is 1. The number of ether oxygens (including phenoxy) is 1. The van der Waals surface area contributed by atoms with Gasteiger partial charge >= 0.3 is 0 Å². The zero-order valence-electron chi connectivity index (χ0n) is 23.8. The zero-order chi connectivity index (χ0) is 28.8. The molecule has 0 atom stereocenters. The van der Waals surface area contributed by atoms with Gasteiger partial charge in [0.05, 0.1) is 5.56 Å². The van der Waals surface area contributed by atoms with E-state index in [1.807, 2.05) is 88.3 Å². The van der Waals surface area contributed by atoms with Crippen LogP contribution in [0.4, 0.5) is 5.69 Å². The highest BCUT2D eigenvalue weighted by Gasteiger charge is 2.25. The summed E-state index contributed by atoms with van der Waals surface area (Å²) in [5.74, 6) is -0.0964. The molecule has 0 bridgehead atoms. The van der Waals surface area contributed by atoms with Crippen molar-refractivity contribution >= 4 is 40.0 Å². The van der Waals surface area contributed by atoms with E-state index in [4.69, 9.17) is 16.3 Å². The molecule has 214 valence electrons. The van der Waals surface area contributed by atoms with Gasteiger partial charge in [-0.15, -0.1) is 0 Å². The third-order valence-corrected chi connectivity index (χ3v) is 7.96. The van der Waals surface area contributed by atoms with Crippen LogP contribution in [0.5, 0.6) is 0 Å². The van der Waals surface area contributed by atoms with Crippen molar-refractivity contribution in [2.45, 2.75) is 25.9 Å². The van der Waals surface area contributed by atoms with Gasteiger partial charge < -0.3 is 19.1 Å². The number of benzene rings is 3. The SMILES string of the molecule is COCC(=O)N1CCCN(Cc2ccc(Cl)cc2)CCCN(C(=O)c2cn(C)c3ccccc23)Cc2ccccc21. The fraction of sp³-hybridized carbons (Fsp3) is 0.333. The first-order chi connectivity index (χ1) is 19.9. The van der Waals surface area contributed by atoms with Crippen LogP contribution in [0.3, 0.4) is 0 Å². The fourth-order valence-corrected chi connectivity index (χ4v) is 5.81. The monoisotopic (exact) mass is 572 g/mol. The molecule has 0 saturated carbocycles. The number of carbonyl (C=O) groups is 2. The molecule has 1 aromatic heterocycles. The van der Waals surface area contributed by atoms with Gasteiger partial charge in [0.1, 0.15) is 6.61 Å². The Hall–Kier alpha value is -3.65. The van der Waals surface area contributed by atoms with Gasteiger partial charge in [-0.05, 0) is 48.2 Å². The van der Waals surface area contributed by atoms with Crippen molar-refractivity contribution in [1.82, 2.24) is 14.4 Å². The van der Waals surface area contributed by atoms with Gasteiger partial charge in [-0.1, -0.05) is 60.1 Å². The third-order valence-electron chi connectivity index (χ3n) is 7.70. The predicted octanol–water partition coefficient (Wildman–Crippen LogP) is 5.75. The topological polar surface area (TPSA) is 58.0 Å². The lowest BCUT2D eigenvalue weighted by atomic mass is 10.1. The van der Waals surface area contributed by atoms with Crippen LogP contribution in [-0.2, 0) is 29.7 Å². The summed E-state index contributed by atoms with van der Waals surface area (Å²) in [6, 6.07) is 23.9. The molecule has 8 heteroatoms. The maximum absolute atomic E-state index is 14.2. The van der Waals surface area contributed by atoms with Crippen LogP contribution in [0.1, 0.15) is 34.3 Å². The molecular formula is C33H37ClN4O3. The number of halogens is 1. The van der Waals surface area contributed by atoms with E-state index < -0.39 is 0 Å². The van der Waals surface area contributed by atoms with Crippen molar-refractivity contribution in [3.63, 3.8) is 0 Å². The average molecular weight is 573 g/mol. The van der Waals surface area contributed by atoms with Crippen LogP contribution in [-0.4, -0.2) is 66.1 Å². The van der Waals surface area contributed by atoms with Crippen molar-refractivity contribution in [3.05, 3.63) is 101 Å². The quantitative estimate of drug-likeness (QED) is 0.306. The Morgan fingerprint density at radius 3 is 2.37 bits per heavy atom. The molecule has 7 nitrogen and oxygen atoms in total. The Balaban J connectivity index is 1.48. The molecule has 41 heavy (non-hydrogen) atoms. The molecule has 0 spiro atoms. The lowest BCUT2D eigenvalue weighted by molar-refractivity contribution is -0.122. The molecule has 2 amide bonds. The molecule has 1 aliphatic heterocycles. The lowest BCUT2D eigenvalue weighted by Gasteiger charge is -2.31. The first-order valence-electron chi connectivity index (χ1n) is 14.1. The molecule has 1 aliphatic rings. The molecule has 0 unspecified atom stereocenters. The molecule has 0 saturated heterocycles. The van der Waals surface area contributed by atoms with E-state index >= 15 is 0 Å². The van der Waals surface area contributed by atoms with Crippen molar-refractivity contribution in [2.75, 3.05) is 44.8 Å². The predicted molar refractivity (Wildman–Crippen MR) is 164 cm³/mol. The van der Waals surface area contributed by atoms with E-state index in [0.717, 1.165) is 59.7 Å². The Morgan fingerprint density at radius 1 is 0.878 bits per heavy atom. The van der Waals surface area contributed by atoms with Crippen molar-refractivity contribution in [3.8, 4) is 0 Å². The smallest absolute Gasteiger partial charge is 0.256 e. The minimum Gasteiger partial charge on any atom is -0.375 e. The van der Waals surface area contributed by atoms with E-state index in [2.05, 4.69) is 17.0 Å². The van der Waals surface area contributed by atoms with Gasteiger partial charge in [0.2, 0.25) is 0 Å². The number of methoxy groups -OCH3 is 1. The highest BCUT2D eigenvalue weighted by atomic mass is 35.5.